The Labute approximate surface area is 208 Å². The molecule has 2 N–H and O–H groups in total. The van der Waals surface area contributed by atoms with E-state index in [9.17, 15) is 8.42 Å². The fraction of sp³-hybridized carbons (Fsp3) is 1.00. The van der Waals surface area contributed by atoms with E-state index in [1.54, 1.807) is 0 Å². The Balaban J connectivity index is 1.33. The first-order chi connectivity index (χ1) is 15.9. The van der Waals surface area contributed by atoms with E-state index >= 15 is 0 Å². The molecule has 5 nitrogen and oxygen atoms in total. The molecule has 2 rings (SSSR count). The molecule has 33 heavy (non-hydrogen) atoms. The van der Waals surface area contributed by atoms with Crippen molar-refractivity contribution in [3.63, 3.8) is 0 Å². The lowest BCUT2D eigenvalue weighted by Gasteiger charge is -2.26. The normalized spacial score (nSPS) is 26.5. The van der Waals surface area contributed by atoms with E-state index < -0.39 is 9.15 Å². The van der Waals surface area contributed by atoms with Gasteiger partial charge in [-0.1, -0.05) is 78.1 Å². The van der Waals surface area contributed by atoms with E-state index in [0.717, 1.165) is 54.0 Å². The number of rotatable bonds is 18. The molecule has 0 saturated heterocycles. The van der Waals surface area contributed by atoms with Crippen molar-refractivity contribution in [3.05, 3.63) is 0 Å². The van der Waals surface area contributed by atoms with E-state index in [1.165, 1.54) is 83.5 Å². The molecule has 4 atom stereocenters. The third-order valence-corrected chi connectivity index (χ3v) is 10.3. The molecule has 0 radical (unpaired) electrons. The molecule has 0 amide bonds. The van der Waals surface area contributed by atoms with Gasteiger partial charge in [0.25, 0.3) is 0 Å². The van der Waals surface area contributed by atoms with Gasteiger partial charge in [0.05, 0.1) is 6.61 Å². The van der Waals surface area contributed by atoms with Crippen LogP contribution in [0.2, 0.25) is 0 Å². The summed E-state index contributed by atoms with van der Waals surface area (Å²) in [5, 5.41) is 6.69. The molecule has 0 aromatic rings. The van der Waals surface area contributed by atoms with Crippen molar-refractivity contribution in [2.24, 2.45) is 23.7 Å². The zero-order valence-electron chi connectivity index (χ0n) is 21.5. The Bertz CT molecular complexity index is 544. The summed E-state index contributed by atoms with van der Waals surface area (Å²) in [4.78, 5) is 0. The Kier molecular flexibility index (Phi) is 15.7. The average Bonchev–Trinajstić information content (AvgIpc) is 2.77. The zero-order valence-corrected chi connectivity index (χ0v) is 23.1. The van der Waals surface area contributed by atoms with Crippen molar-refractivity contribution in [3.8, 4) is 0 Å². The molecule has 2 saturated carbocycles. The van der Waals surface area contributed by atoms with Gasteiger partial charge >= 0.3 is 9.15 Å². The Morgan fingerprint density at radius 1 is 0.758 bits per heavy atom. The lowest BCUT2D eigenvalue weighted by atomic mass is 9.80. The lowest BCUT2D eigenvalue weighted by Crippen LogP contribution is -2.23. The monoisotopic (exact) mass is 504 g/mol. The Morgan fingerprint density at radius 2 is 1.30 bits per heavy atom. The van der Waals surface area contributed by atoms with Gasteiger partial charge in [0.15, 0.2) is 0 Å². The van der Waals surface area contributed by atoms with Crippen LogP contribution in [-0.4, -0.2) is 47.0 Å². The van der Waals surface area contributed by atoms with E-state index in [1.807, 2.05) is 0 Å². The first kappa shape index (κ1) is 29.4. The SMILES string of the molecule is CC1CCCC(CCCCNCCOS(=O)(=O)SCCNCCCCC2CCCC(C)C2)C1. The smallest absolute Gasteiger partial charge is 0.316 e. The Morgan fingerprint density at radius 3 is 1.85 bits per heavy atom. The summed E-state index contributed by atoms with van der Waals surface area (Å²) in [6, 6.07) is 0. The van der Waals surface area contributed by atoms with Gasteiger partial charge in [0.1, 0.15) is 0 Å². The molecule has 0 spiro atoms. The number of unbranched alkanes of at least 4 members (excludes halogenated alkanes) is 2. The molecule has 2 aliphatic rings. The topological polar surface area (TPSA) is 67.4 Å². The van der Waals surface area contributed by atoms with Gasteiger partial charge in [0, 0.05) is 18.8 Å². The molecule has 2 aliphatic carbocycles. The summed E-state index contributed by atoms with van der Waals surface area (Å²) >= 11 is 0. The zero-order chi connectivity index (χ0) is 23.8. The van der Waals surface area contributed by atoms with Crippen LogP contribution >= 0.6 is 10.8 Å². The van der Waals surface area contributed by atoms with Gasteiger partial charge in [-0.2, -0.15) is 8.42 Å². The van der Waals surface area contributed by atoms with Crippen LogP contribution in [0.15, 0.2) is 0 Å². The lowest BCUT2D eigenvalue weighted by molar-refractivity contribution is 0.263. The molecule has 196 valence electrons. The summed E-state index contributed by atoms with van der Waals surface area (Å²) in [7, 11) is -2.57. The first-order valence-corrected chi connectivity index (χ1v) is 16.8. The van der Waals surface area contributed by atoms with Crippen LogP contribution < -0.4 is 10.6 Å². The molecule has 0 aromatic heterocycles. The second kappa shape index (κ2) is 17.6. The van der Waals surface area contributed by atoms with E-state index in [2.05, 4.69) is 24.5 Å². The maximum absolute atomic E-state index is 12.0. The van der Waals surface area contributed by atoms with Crippen molar-refractivity contribution < 1.29 is 12.6 Å². The van der Waals surface area contributed by atoms with Crippen LogP contribution in [0, 0.1) is 23.7 Å². The van der Waals surface area contributed by atoms with Crippen molar-refractivity contribution in [2.45, 2.75) is 104 Å². The molecular formula is C26H52N2O3S2. The fourth-order valence-electron chi connectivity index (χ4n) is 5.73. The first-order valence-electron chi connectivity index (χ1n) is 13.9. The van der Waals surface area contributed by atoms with Crippen molar-refractivity contribution in [2.75, 3.05) is 38.5 Å². The summed E-state index contributed by atoms with van der Waals surface area (Å²) in [5.41, 5.74) is 0. The van der Waals surface area contributed by atoms with E-state index in [-0.39, 0.29) is 6.61 Å². The molecule has 2 fully saturated rings. The quantitative estimate of drug-likeness (QED) is 0.172. The van der Waals surface area contributed by atoms with Gasteiger partial charge in [-0.15, -0.1) is 0 Å². The predicted molar refractivity (Wildman–Crippen MR) is 143 cm³/mol. The van der Waals surface area contributed by atoms with Crippen LogP contribution in [0.1, 0.15) is 104 Å². The standard InChI is InChI=1S/C26H52N2O3S2/c1-23-9-7-13-25(21-23)11-3-5-15-27-17-19-31-33(29,30)32-20-18-28-16-6-4-12-26-14-8-10-24(2)22-26/h23-28H,3-22H2,1-2H3. The summed E-state index contributed by atoms with van der Waals surface area (Å²) in [6.07, 6.45) is 18.9. The molecule has 0 aliphatic heterocycles. The summed E-state index contributed by atoms with van der Waals surface area (Å²) in [6.45, 7) is 8.23. The minimum atomic E-state index is -3.48. The summed E-state index contributed by atoms with van der Waals surface area (Å²) < 4.78 is 29.1. The van der Waals surface area contributed by atoms with E-state index in [0.29, 0.717) is 18.8 Å². The molecule has 0 aromatic carbocycles. The Hall–Kier alpha value is 0.180. The fourth-order valence-corrected chi connectivity index (χ4v) is 7.78. The highest BCUT2D eigenvalue weighted by Gasteiger charge is 2.19. The van der Waals surface area contributed by atoms with Gasteiger partial charge in [-0.05, 0) is 73.2 Å². The number of hydrogen-bond donors (Lipinski definition) is 2. The van der Waals surface area contributed by atoms with Gasteiger partial charge in [-0.25, -0.2) is 0 Å². The highest BCUT2D eigenvalue weighted by atomic mass is 33.1. The molecular weight excluding hydrogens is 452 g/mol. The maximum Gasteiger partial charge on any atom is 0.322 e. The van der Waals surface area contributed by atoms with Gasteiger partial charge < -0.3 is 10.6 Å². The average molecular weight is 505 g/mol. The third-order valence-electron chi connectivity index (χ3n) is 7.53. The van der Waals surface area contributed by atoms with Crippen LogP contribution in [0.4, 0.5) is 0 Å². The maximum atomic E-state index is 12.0. The molecule has 0 bridgehead atoms. The minimum absolute atomic E-state index is 0.225. The van der Waals surface area contributed by atoms with Crippen LogP contribution in [0.3, 0.4) is 0 Å². The molecule has 7 heteroatoms. The predicted octanol–water partition coefficient (Wildman–Crippen LogP) is 6.15. The highest BCUT2D eigenvalue weighted by molar-refractivity contribution is 8.70. The second-order valence-corrected chi connectivity index (χ2v) is 14.4. The van der Waals surface area contributed by atoms with Crippen molar-refractivity contribution in [1.29, 1.82) is 0 Å². The second-order valence-electron chi connectivity index (χ2n) is 10.8. The van der Waals surface area contributed by atoms with Crippen molar-refractivity contribution >= 4 is 19.9 Å². The molecule has 0 heterocycles. The third kappa shape index (κ3) is 15.0. The van der Waals surface area contributed by atoms with Crippen LogP contribution in [-0.2, 0) is 13.3 Å². The highest BCUT2D eigenvalue weighted by Crippen LogP contribution is 2.32. The molecule has 4 unspecified atom stereocenters. The largest absolute Gasteiger partial charge is 0.322 e. The number of hydrogen-bond acceptors (Lipinski definition) is 6. The van der Waals surface area contributed by atoms with Gasteiger partial charge in [0.2, 0.25) is 0 Å². The van der Waals surface area contributed by atoms with Crippen molar-refractivity contribution in [1.82, 2.24) is 10.6 Å². The number of nitrogens with one attached hydrogen (secondary N) is 2. The van der Waals surface area contributed by atoms with Gasteiger partial charge in [-0.3, -0.25) is 4.18 Å². The van der Waals surface area contributed by atoms with Crippen LogP contribution in [0.5, 0.6) is 0 Å². The van der Waals surface area contributed by atoms with Crippen LogP contribution in [0.25, 0.3) is 0 Å². The minimum Gasteiger partial charge on any atom is -0.316 e. The van der Waals surface area contributed by atoms with E-state index in [4.69, 9.17) is 4.18 Å². The summed E-state index contributed by atoms with van der Waals surface area (Å²) in [5.74, 6) is 4.23.